The molecule has 0 radical (unpaired) electrons. The monoisotopic (exact) mass is 432 g/mol. The number of ether oxygens (including phenoxy) is 1. The summed E-state index contributed by atoms with van der Waals surface area (Å²) in [5.41, 5.74) is 4.64. The quantitative estimate of drug-likeness (QED) is 0.611. The van der Waals surface area contributed by atoms with Crippen molar-refractivity contribution in [2.45, 2.75) is 6.04 Å². The smallest absolute Gasteiger partial charge is 0.449 e. The summed E-state index contributed by atoms with van der Waals surface area (Å²) in [6.45, 7) is 0.993. The maximum absolute atomic E-state index is 14.9. The zero-order valence-electron chi connectivity index (χ0n) is 15.8. The molecule has 1 saturated carbocycles. The number of piperidine rings is 1. The highest BCUT2D eigenvalue weighted by Gasteiger charge is 2.54. The van der Waals surface area contributed by atoms with Gasteiger partial charge in [0.25, 0.3) is 0 Å². The van der Waals surface area contributed by atoms with E-state index in [1.807, 2.05) is 0 Å². The third-order valence-corrected chi connectivity index (χ3v) is 5.81. The Morgan fingerprint density at radius 3 is 2.52 bits per heavy atom. The second-order valence-corrected chi connectivity index (χ2v) is 7.63. The Kier molecular flexibility index (Phi) is 4.19. The molecule has 2 atom stereocenters. The molecule has 160 valence electrons. The van der Waals surface area contributed by atoms with Crippen LogP contribution in [0.2, 0.25) is 0 Å². The molecule has 31 heavy (non-hydrogen) atoms. The van der Waals surface area contributed by atoms with Crippen molar-refractivity contribution in [2.75, 3.05) is 18.0 Å². The van der Waals surface area contributed by atoms with E-state index in [0.717, 1.165) is 29.0 Å². The predicted molar refractivity (Wildman–Crippen MR) is 103 cm³/mol. The van der Waals surface area contributed by atoms with E-state index in [0.29, 0.717) is 19.2 Å². The summed E-state index contributed by atoms with van der Waals surface area (Å²) in [6.07, 6.45) is -0.846. The highest BCUT2D eigenvalue weighted by atomic mass is 19.1. The number of aromatic nitrogens is 2. The lowest BCUT2D eigenvalue weighted by Gasteiger charge is -2.22. The molecule has 2 aliphatic rings. The largest absolute Gasteiger partial charge is 0.511 e. The summed E-state index contributed by atoms with van der Waals surface area (Å²) in [6, 6.07) is 3.68. The fourth-order valence-electron chi connectivity index (χ4n) is 4.18. The molecule has 5 rings (SSSR count). The van der Waals surface area contributed by atoms with Crippen molar-refractivity contribution in [3.63, 3.8) is 0 Å². The number of fused-ring (bicyclic) bond motifs is 2. The number of halogens is 3. The molecule has 1 saturated heterocycles. The maximum Gasteiger partial charge on any atom is 0.511 e. The molecule has 3 aromatic rings. The molecule has 3 N–H and O–H groups in total. The third kappa shape index (κ3) is 3.08. The summed E-state index contributed by atoms with van der Waals surface area (Å²) < 4.78 is 48.3. The number of anilines is 1. The lowest BCUT2D eigenvalue weighted by atomic mass is 10.2. The van der Waals surface area contributed by atoms with Crippen molar-refractivity contribution in [3.05, 3.63) is 58.1 Å². The maximum atomic E-state index is 14.9. The first-order chi connectivity index (χ1) is 14.7. The van der Waals surface area contributed by atoms with E-state index in [1.54, 1.807) is 4.90 Å². The Morgan fingerprint density at radius 2 is 1.87 bits per heavy atom. The highest BCUT2D eigenvalue weighted by molar-refractivity contribution is 5.81. The minimum Gasteiger partial charge on any atom is -0.449 e. The Balaban J connectivity index is 1.74. The molecular weight excluding hydrogens is 417 g/mol. The molecule has 1 aromatic carbocycles. The average molecular weight is 432 g/mol. The van der Waals surface area contributed by atoms with Crippen LogP contribution in [0.1, 0.15) is 0 Å². The molecule has 11 heteroatoms. The second-order valence-electron chi connectivity index (χ2n) is 7.63. The van der Waals surface area contributed by atoms with E-state index in [4.69, 9.17) is 10.8 Å². The zero-order valence-corrected chi connectivity index (χ0v) is 15.8. The van der Waals surface area contributed by atoms with Gasteiger partial charge >= 0.3 is 6.16 Å². The van der Waals surface area contributed by atoms with Crippen LogP contribution in [-0.4, -0.2) is 39.9 Å². The van der Waals surface area contributed by atoms with Gasteiger partial charge in [0, 0.05) is 25.2 Å². The molecule has 2 unspecified atom stereocenters. The van der Waals surface area contributed by atoms with Crippen LogP contribution in [0.15, 0.2) is 35.3 Å². The van der Waals surface area contributed by atoms with E-state index >= 15 is 0 Å². The molecular formula is C20H15F3N4O4. The first kappa shape index (κ1) is 19.4. The first-order valence-electron chi connectivity index (χ1n) is 9.37. The minimum atomic E-state index is -1.78. The van der Waals surface area contributed by atoms with Gasteiger partial charge in [-0.05, 0) is 30.0 Å². The van der Waals surface area contributed by atoms with E-state index in [2.05, 4.69) is 9.72 Å². The van der Waals surface area contributed by atoms with Crippen LogP contribution >= 0.6 is 0 Å². The third-order valence-electron chi connectivity index (χ3n) is 5.81. The Bertz CT molecular complexity index is 1300. The van der Waals surface area contributed by atoms with E-state index in [-0.39, 0.29) is 40.4 Å². The molecule has 1 aliphatic heterocycles. The van der Waals surface area contributed by atoms with Gasteiger partial charge in [-0.2, -0.15) is 0 Å². The van der Waals surface area contributed by atoms with Crippen LogP contribution in [0.5, 0.6) is 5.75 Å². The van der Waals surface area contributed by atoms with Gasteiger partial charge in [0.1, 0.15) is 11.6 Å². The fraction of sp³-hybridized carbons (Fsp3) is 0.250. The number of benzene rings is 1. The van der Waals surface area contributed by atoms with Crippen molar-refractivity contribution in [1.82, 2.24) is 9.55 Å². The molecule has 8 nitrogen and oxygen atoms in total. The van der Waals surface area contributed by atoms with E-state index in [9.17, 15) is 22.8 Å². The van der Waals surface area contributed by atoms with Crippen molar-refractivity contribution in [2.24, 2.45) is 17.6 Å². The van der Waals surface area contributed by atoms with Crippen molar-refractivity contribution < 1.29 is 27.8 Å². The normalized spacial score (nSPS) is 21.9. The van der Waals surface area contributed by atoms with Gasteiger partial charge in [-0.15, -0.1) is 0 Å². The van der Waals surface area contributed by atoms with Crippen LogP contribution in [0.25, 0.3) is 16.7 Å². The number of hydrogen-bond donors (Lipinski definition) is 2. The second kappa shape index (κ2) is 6.71. The highest BCUT2D eigenvalue weighted by Crippen LogP contribution is 2.45. The Labute approximate surface area is 172 Å². The van der Waals surface area contributed by atoms with Crippen LogP contribution in [0.3, 0.4) is 0 Å². The Hall–Kier alpha value is -3.60. The number of nitrogens with zero attached hydrogens (tertiary/aromatic N) is 3. The standard InChI is InChI=1S/C20H15F3N4O4/c21-8-1-2-14(12(22)3-8)27-7-15(31-20(29)30)17(28)9-4-13(23)19(25-18(9)27)26-5-10-11(6-26)16(10)24/h1-4,7,10-11,16H,5-6,24H2,(H,29,30). The van der Waals surface area contributed by atoms with Gasteiger partial charge in [0.2, 0.25) is 5.43 Å². The molecule has 1 aliphatic carbocycles. The molecule has 0 bridgehead atoms. The van der Waals surface area contributed by atoms with Crippen molar-refractivity contribution in [1.29, 1.82) is 0 Å². The summed E-state index contributed by atoms with van der Waals surface area (Å²) in [5, 5.41) is 8.59. The topological polar surface area (TPSA) is 111 Å². The molecule has 3 heterocycles. The molecule has 0 amide bonds. The van der Waals surface area contributed by atoms with Gasteiger partial charge in [-0.25, -0.2) is 22.9 Å². The van der Waals surface area contributed by atoms with Crippen LogP contribution in [-0.2, 0) is 0 Å². The number of hydrogen-bond acceptors (Lipinski definition) is 6. The summed E-state index contributed by atoms with van der Waals surface area (Å²) >= 11 is 0. The van der Waals surface area contributed by atoms with Gasteiger partial charge in [0.15, 0.2) is 23.0 Å². The summed E-state index contributed by atoms with van der Waals surface area (Å²) in [4.78, 5) is 29.6. The lowest BCUT2D eigenvalue weighted by molar-refractivity contribution is 0.144. The predicted octanol–water partition coefficient (Wildman–Crippen LogP) is 2.25. The zero-order chi connectivity index (χ0) is 22.0. The fourth-order valence-corrected chi connectivity index (χ4v) is 4.18. The van der Waals surface area contributed by atoms with Crippen molar-refractivity contribution >= 4 is 23.0 Å². The van der Waals surface area contributed by atoms with Gasteiger partial charge in [0.05, 0.1) is 17.3 Å². The lowest BCUT2D eigenvalue weighted by Crippen LogP contribution is -2.30. The van der Waals surface area contributed by atoms with E-state index < -0.39 is 34.8 Å². The number of carbonyl (C=O) groups is 1. The summed E-state index contributed by atoms with van der Waals surface area (Å²) in [7, 11) is 0. The summed E-state index contributed by atoms with van der Waals surface area (Å²) in [5.74, 6) is -2.85. The molecule has 2 aromatic heterocycles. The first-order valence-corrected chi connectivity index (χ1v) is 9.37. The van der Waals surface area contributed by atoms with E-state index in [1.165, 1.54) is 0 Å². The minimum absolute atomic E-state index is 0.0329. The number of carboxylic acid groups (broad SMARTS) is 1. The molecule has 2 fully saturated rings. The van der Waals surface area contributed by atoms with Crippen molar-refractivity contribution in [3.8, 4) is 11.4 Å². The Morgan fingerprint density at radius 1 is 1.16 bits per heavy atom. The molecule has 0 spiro atoms. The van der Waals surface area contributed by atoms with Gasteiger partial charge in [-0.3, -0.25) is 9.36 Å². The number of nitrogens with two attached hydrogens (primary N) is 1. The van der Waals surface area contributed by atoms with Crippen LogP contribution in [0.4, 0.5) is 23.8 Å². The average Bonchev–Trinajstić information content (AvgIpc) is 3.10. The van der Waals surface area contributed by atoms with Crippen LogP contribution < -0.4 is 20.8 Å². The number of rotatable bonds is 3. The number of pyridine rings is 2. The van der Waals surface area contributed by atoms with Gasteiger partial charge in [-0.1, -0.05) is 0 Å². The van der Waals surface area contributed by atoms with Gasteiger partial charge < -0.3 is 20.5 Å². The SMILES string of the molecule is NC1C2CN(c3nc4c(cc3F)c(=O)c(OC(=O)O)cn4-c3ccc(F)cc3F)CC12. The van der Waals surface area contributed by atoms with Crippen LogP contribution in [0, 0.1) is 29.3 Å².